The van der Waals surface area contributed by atoms with E-state index in [0.29, 0.717) is 22.8 Å². The molecule has 1 aromatic carbocycles. The molecule has 0 unspecified atom stereocenters. The fraction of sp³-hybridized carbons (Fsp3) is 0.0714. The molecule has 0 aliphatic rings. The number of hydrogen-bond donors (Lipinski definition) is 2. The second-order valence-corrected chi connectivity index (χ2v) is 3.94. The zero-order valence-corrected chi connectivity index (χ0v) is 10.8. The van der Waals surface area contributed by atoms with Gasteiger partial charge in [0, 0.05) is 5.69 Å². The maximum absolute atomic E-state index is 11.4. The third kappa shape index (κ3) is 2.84. The van der Waals surface area contributed by atoms with Crippen molar-refractivity contribution in [2.24, 2.45) is 0 Å². The lowest BCUT2D eigenvalue weighted by Gasteiger charge is -2.09. The zero-order valence-electron chi connectivity index (χ0n) is 10.8. The standard InChI is InChI=1S/C14H12N4O2/c1-20-14(19)12-6-5-11(16)13(18-12)17-10-4-2-3-9(7-10)8-15/h2-7H,16H2,1H3,(H,17,18). The Labute approximate surface area is 115 Å². The van der Waals surface area contributed by atoms with Crippen LogP contribution in [0.15, 0.2) is 36.4 Å². The second kappa shape index (κ2) is 5.71. The molecule has 0 atom stereocenters. The smallest absolute Gasteiger partial charge is 0.356 e. The Hall–Kier alpha value is -3.07. The SMILES string of the molecule is COC(=O)c1ccc(N)c(Nc2cccc(C#N)c2)n1. The summed E-state index contributed by atoms with van der Waals surface area (Å²) in [6.07, 6.45) is 0. The number of methoxy groups -OCH3 is 1. The van der Waals surface area contributed by atoms with E-state index in [-0.39, 0.29) is 5.69 Å². The number of esters is 1. The summed E-state index contributed by atoms with van der Waals surface area (Å²) in [5.74, 6) is -0.207. The number of aromatic nitrogens is 1. The molecule has 0 saturated carbocycles. The van der Waals surface area contributed by atoms with Gasteiger partial charge in [0.05, 0.1) is 24.4 Å². The molecule has 0 amide bonds. The molecule has 0 aliphatic heterocycles. The normalized spacial score (nSPS) is 9.60. The number of pyridine rings is 1. The van der Waals surface area contributed by atoms with Crippen LogP contribution >= 0.6 is 0 Å². The molecule has 0 aliphatic carbocycles. The Balaban J connectivity index is 2.33. The Morgan fingerprint density at radius 2 is 2.20 bits per heavy atom. The van der Waals surface area contributed by atoms with Gasteiger partial charge in [0.2, 0.25) is 0 Å². The van der Waals surface area contributed by atoms with Gasteiger partial charge >= 0.3 is 5.97 Å². The van der Waals surface area contributed by atoms with E-state index in [0.717, 1.165) is 0 Å². The first kappa shape index (κ1) is 13.4. The number of nitrogens with two attached hydrogens (primary N) is 1. The summed E-state index contributed by atoms with van der Waals surface area (Å²) in [6.45, 7) is 0. The van der Waals surface area contributed by atoms with Crippen LogP contribution in [0.4, 0.5) is 17.2 Å². The maximum Gasteiger partial charge on any atom is 0.356 e. The molecule has 20 heavy (non-hydrogen) atoms. The number of nitrogen functional groups attached to an aromatic ring is 1. The Kier molecular flexibility index (Phi) is 3.82. The molecule has 6 nitrogen and oxygen atoms in total. The molecule has 0 bridgehead atoms. The van der Waals surface area contributed by atoms with E-state index in [4.69, 9.17) is 11.0 Å². The van der Waals surface area contributed by atoms with E-state index >= 15 is 0 Å². The number of anilines is 3. The number of hydrogen-bond acceptors (Lipinski definition) is 6. The molecule has 0 saturated heterocycles. The largest absolute Gasteiger partial charge is 0.464 e. The minimum absolute atomic E-state index is 0.153. The number of carbonyl (C=O) groups is 1. The summed E-state index contributed by atoms with van der Waals surface area (Å²) in [5.41, 5.74) is 7.52. The van der Waals surface area contributed by atoms with Gasteiger partial charge in [-0.15, -0.1) is 0 Å². The number of rotatable bonds is 3. The lowest BCUT2D eigenvalue weighted by Crippen LogP contribution is -2.07. The number of nitriles is 1. The van der Waals surface area contributed by atoms with Gasteiger partial charge in [0.15, 0.2) is 11.5 Å². The Bertz CT molecular complexity index is 692. The van der Waals surface area contributed by atoms with E-state index in [1.165, 1.54) is 13.2 Å². The highest BCUT2D eigenvalue weighted by atomic mass is 16.5. The van der Waals surface area contributed by atoms with Crippen LogP contribution in [0.25, 0.3) is 0 Å². The first-order valence-corrected chi connectivity index (χ1v) is 5.76. The first-order chi connectivity index (χ1) is 9.63. The molecule has 0 spiro atoms. The highest BCUT2D eigenvalue weighted by molar-refractivity contribution is 5.88. The van der Waals surface area contributed by atoms with Crippen LogP contribution < -0.4 is 11.1 Å². The number of ether oxygens (including phenoxy) is 1. The van der Waals surface area contributed by atoms with Gasteiger partial charge in [-0.1, -0.05) is 6.07 Å². The van der Waals surface area contributed by atoms with Gasteiger partial charge in [-0.2, -0.15) is 5.26 Å². The van der Waals surface area contributed by atoms with Gasteiger partial charge < -0.3 is 15.8 Å². The fourth-order valence-corrected chi connectivity index (χ4v) is 1.59. The average molecular weight is 268 g/mol. The van der Waals surface area contributed by atoms with Gasteiger partial charge in [0.1, 0.15) is 0 Å². The van der Waals surface area contributed by atoms with Crippen molar-refractivity contribution in [3.63, 3.8) is 0 Å². The molecule has 1 heterocycles. The van der Waals surface area contributed by atoms with Crippen LogP contribution in [0.3, 0.4) is 0 Å². The average Bonchev–Trinajstić information content (AvgIpc) is 2.49. The summed E-state index contributed by atoms with van der Waals surface area (Å²) in [4.78, 5) is 15.5. The minimum atomic E-state index is -0.543. The molecular weight excluding hydrogens is 256 g/mol. The number of nitrogens with one attached hydrogen (secondary N) is 1. The summed E-state index contributed by atoms with van der Waals surface area (Å²) in [5, 5.41) is 11.8. The summed E-state index contributed by atoms with van der Waals surface area (Å²) < 4.78 is 4.60. The number of benzene rings is 1. The third-order valence-electron chi connectivity index (χ3n) is 2.58. The van der Waals surface area contributed by atoms with Crippen LogP contribution in [-0.2, 0) is 4.74 Å². The number of nitrogens with zero attached hydrogens (tertiary/aromatic N) is 2. The highest BCUT2D eigenvalue weighted by Crippen LogP contribution is 2.22. The number of carbonyl (C=O) groups excluding carboxylic acids is 1. The van der Waals surface area contributed by atoms with E-state index < -0.39 is 5.97 Å². The van der Waals surface area contributed by atoms with Crippen molar-refractivity contribution in [1.29, 1.82) is 5.26 Å². The minimum Gasteiger partial charge on any atom is -0.464 e. The van der Waals surface area contributed by atoms with Crippen molar-refractivity contribution in [2.75, 3.05) is 18.2 Å². The molecule has 2 rings (SSSR count). The van der Waals surface area contributed by atoms with Crippen molar-refractivity contribution in [2.45, 2.75) is 0 Å². The molecule has 2 aromatic rings. The molecule has 6 heteroatoms. The molecule has 0 fully saturated rings. The van der Waals surface area contributed by atoms with Crippen LogP contribution in [0.2, 0.25) is 0 Å². The van der Waals surface area contributed by atoms with Crippen molar-refractivity contribution >= 4 is 23.2 Å². The van der Waals surface area contributed by atoms with E-state index in [9.17, 15) is 4.79 Å². The molecule has 0 radical (unpaired) electrons. The third-order valence-corrected chi connectivity index (χ3v) is 2.58. The van der Waals surface area contributed by atoms with Gasteiger partial charge in [0.25, 0.3) is 0 Å². The lowest BCUT2D eigenvalue weighted by molar-refractivity contribution is 0.0594. The van der Waals surface area contributed by atoms with Gasteiger partial charge in [-0.05, 0) is 30.3 Å². The lowest BCUT2D eigenvalue weighted by atomic mass is 10.2. The van der Waals surface area contributed by atoms with Crippen molar-refractivity contribution in [3.05, 3.63) is 47.7 Å². The quantitative estimate of drug-likeness (QED) is 0.826. The Morgan fingerprint density at radius 1 is 1.40 bits per heavy atom. The molecular formula is C14H12N4O2. The Morgan fingerprint density at radius 3 is 2.90 bits per heavy atom. The highest BCUT2D eigenvalue weighted by Gasteiger charge is 2.10. The summed E-state index contributed by atoms with van der Waals surface area (Å²) in [6, 6.07) is 11.9. The van der Waals surface area contributed by atoms with Crippen LogP contribution in [-0.4, -0.2) is 18.1 Å². The molecule has 3 N–H and O–H groups in total. The predicted molar refractivity (Wildman–Crippen MR) is 74.4 cm³/mol. The van der Waals surface area contributed by atoms with Gasteiger partial charge in [-0.3, -0.25) is 0 Å². The van der Waals surface area contributed by atoms with Crippen molar-refractivity contribution < 1.29 is 9.53 Å². The second-order valence-electron chi connectivity index (χ2n) is 3.94. The van der Waals surface area contributed by atoms with E-state index in [2.05, 4.69) is 15.0 Å². The van der Waals surface area contributed by atoms with Crippen LogP contribution in [0.5, 0.6) is 0 Å². The maximum atomic E-state index is 11.4. The zero-order chi connectivity index (χ0) is 14.5. The summed E-state index contributed by atoms with van der Waals surface area (Å²) >= 11 is 0. The summed E-state index contributed by atoms with van der Waals surface area (Å²) in [7, 11) is 1.28. The van der Waals surface area contributed by atoms with E-state index in [1.54, 1.807) is 30.3 Å². The topological polar surface area (TPSA) is 101 Å². The predicted octanol–water partition coefficient (Wildman–Crippen LogP) is 2.07. The van der Waals surface area contributed by atoms with Crippen LogP contribution in [0.1, 0.15) is 16.1 Å². The monoisotopic (exact) mass is 268 g/mol. The van der Waals surface area contributed by atoms with Crippen molar-refractivity contribution in [1.82, 2.24) is 4.98 Å². The van der Waals surface area contributed by atoms with Crippen LogP contribution in [0, 0.1) is 11.3 Å². The first-order valence-electron chi connectivity index (χ1n) is 5.76. The van der Waals surface area contributed by atoms with Crippen molar-refractivity contribution in [3.8, 4) is 6.07 Å². The molecule has 100 valence electrons. The van der Waals surface area contributed by atoms with Gasteiger partial charge in [-0.25, -0.2) is 9.78 Å². The fourth-order valence-electron chi connectivity index (χ4n) is 1.59. The molecule has 1 aromatic heterocycles. The van der Waals surface area contributed by atoms with E-state index in [1.807, 2.05) is 6.07 Å².